The van der Waals surface area contributed by atoms with Gasteiger partial charge in [0.2, 0.25) is 0 Å². The van der Waals surface area contributed by atoms with E-state index in [9.17, 15) is 4.79 Å². The van der Waals surface area contributed by atoms with Crippen LogP contribution in [-0.2, 0) is 4.79 Å². The van der Waals surface area contributed by atoms with Crippen molar-refractivity contribution >= 4 is 5.97 Å². The maximum atomic E-state index is 10.5. The Labute approximate surface area is 98.8 Å². The predicted molar refractivity (Wildman–Crippen MR) is 65.5 cm³/mol. The molecule has 1 N–H and O–H groups in total. The molecular formula is C13H25NO2. The SMILES string of the molecule is CC(C)CC(C)N1CCC(CCC(=O)O)C1. The lowest BCUT2D eigenvalue weighted by Crippen LogP contribution is -2.32. The van der Waals surface area contributed by atoms with Gasteiger partial charge in [0.05, 0.1) is 0 Å². The third-order valence-electron chi connectivity index (χ3n) is 3.52. The van der Waals surface area contributed by atoms with Crippen molar-refractivity contribution in [3.63, 3.8) is 0 Å². The molecule has 3 heteroatoms. The zero-order chi connectivity index (χ0) is 12.1. The molecule has 1 rings (SSSR count). The van der Waals surface area contributed by atoms with Gasteiger partial charge in [0.25, 0.3) is 0 Å². The normalized spacial score (nSPS) is 23.9. The molecule has 0 aromatic rings. The highest BCUT2D eigenvalue weighted by molar-refractivity contribution is 5.66. The van der Waals surface area contributed by atoms with Crippen LogP contribution in [-0.4, -0.2) is 35.1 Å². The highest BCUT2D eigenvalue weighted by atomic mass is 16.4. The Morgan fingerprint density at radius 1 is 1.44 bits per heavy atom. The summed E-state index contributed by atoms with van der Waals surface area (Å²) in [4.78, 5) is 13.0. The van der Waals surface area contributed by atoms with E-state index in [0.717, 1.165) is 25.4 Å². The zero-order valence-electron chi connectivity index (χ0n) is 10.8. The minimum Gasteiger partial charge on any atom is -0.481 e. The third-order valence-corrected chi connectivity index (χ3v) is 3.52. The summed E-state index contributed by atoms with van der Waals surface area (Å²) >= 11 is 0. The molecule has 0 amide bonds. The molecule has 94 valence electrons. The number of carboxylic acid groups (broad SMARTS) is 1. The summed E-state index contributed by atoms with van der Waals surface area (Å²) in [5.41, 5.74) is 0. The molecule has 0 bridgehead atoms. The average Bonchev–Trinajstić information content (AvgIpc) is 2.61. The van der Waals surface area contributed by atoms with Gasteiger partial charge in [-0.3, -0.25) is 4.79 Å². The largest absolute Gasteiger partial charge is 0.481 e. The monoisotopic (exact) mass is 227 g/mol. The van der Waals surface area contributed by atoms with Crippen LogP contribution in [0.4, 0.5) is 0 Å². The Bertz CT molecular complexity index is 228. The fourth-order valence-electron chi connectivity index (χ4n) is 2.66. The number of hydrogen-bond donors (Lipinski definition) is 1. The van der Waals surface area contributed by atoms with E-state index in [4.69, 9.17) is 5.11 Å². The smallest absolute Gasteiger partial charge is 0.303 e. The number of aliphatic carboxylic acids is 1. The van der Waals surface area contributed by atoms with Gasteiger partial charge < -0.3 is 10.0 Å². The predicted octanol–water partition coefficient (Wildman–Crippen LogP) is 2.61. The van der Waals surface area contributed by atoms with Crippen LogP contribution in [0.2, 0.25) is 0 Å². The van der Waals surface area contributed by atoms with Crippen LogP contribution in [0.5, 0.6) is 0 Å². The van der Waals surface area contributed by atoms with Crippen LogP contribution >= 0.6 is 0 Å². The van der Waals surface area contributed by atoms with Crippen molar-refractivity contribution in [1.82, 2.24) is 4.90 Å². The molecule has 0 aliphatic carbocycles. The summed E-state index contributed by atoms with van der Waals surface area (Å²) in [5.74, 6) is 0.687. The Morgan fingerprint density at radius 3 is 2.69 bits per heavy atom. The fourth-order valence-corrected chi connectivity index (χ4v) is 2.66. The Morgan fingerprint density at radius 2 is 2.12 bits per heavy atom. The standard InChI is InChI=1S/C13H25NO2/c1-10(2)8-11(3)14-7-6-12(9-14)4-5-13(15)16/h10-12H,4-9H2,1-3H3,(H,15,16). The molecule has 2 atom stereocenters. The Kier molecular flexibility index (Phi) is 5.26. The van der Waals surface area contributed by atoms with E-state index in [-0.39, 0.29) is 0 Å². The molecule has 1 aliphatic heterocycles. The quantitative estimate of drug-likeness (QED) is 0.758. The molecular weight excluding hydrogens is 202 g/mol. The lowest BCUT2D eigenvalue weighted by molar-refractivity contribution is -0.137. The molecule has 0 radical (unpaired) electrons. The second-order valence-electron chi connectivity index (χ2n) is 5.56. The van der Waals surface area contributed by atoms with Crippen molar-refractivity contribution < 1.29 is 9.90 Å². The van der Waals surface area contributed by atoms with Crippen LogP contribution in [0.25, 0.3) is 0 Å². The third kappa shape index (κ3) is 4.52. The number of likely N-dealkylation sites (tertiary alicyclic amines) is 1. The van der Waals surface area contributed by atoms with Crippen LogP contribution in [0.15, 0.2) is 0 Å². The second kappa shape index (κ2) is 6.24. The molecule has 1 saturated heterocycles. The molecule has 3 nitrogen and oxygen atoms in total. The highest BCUT2D eigenvalue weighted by Crippen LogP contribution is 2.24. The first kappa shape index (κ1) is 13.5. The Balaban J connectivity index is 2.26. The number of hydrogen-bond acceptors (Lipinski definition) is 2. The summed E-state index contributed by atoms with van der Waals surface area (Å²) in [5, 5.41) is 8.65. The lowest BCUT2D eigenvalue weighted by atomic mass is 10.0. The Hall–Kier alpha value is -0.570. The van der Waals surface area contributed by atoms with E-state index < -0.39 is 5.97 Å². The van der Waals surface area contributed by atoms with Crippen molar-refractivity contribution in [2.24, 2.45) is 11.8 Å². The van der Waals surface area contributed by atoms with Crippen LogP contribution in [0, 0.1) is 11.8 Å². The van der Waals surface area contributed by atoms with E-state index in [0.29, 0.717) is 18.4 Å². The lowest BCUT2D eigenvalue weighted by Gasteiger charge is -2.25. The molecule has 0 aromatic heterocycles. The first-order chi connectivity index (χ1) is 7.49. The minimum absolute atomic E-state index is 0.330. The van der Waals surface area contributed by atoms with Gasteiger partial charge in [0.1, 0.15) is 0 Å². The summed E-state index contributed by atoms with van der Waals surface area (Å²) in [6.45, 7) is 9.06. The van der Waals surface area contributed by atoms with Crippen molar-refractivity contribution in [1.29, 1.82) is 0 Å². The van der Waals surface area contributed by atoms with Gasteiger partial charge in [-0.15, -0.1) is 0 Å². The van der Waals surface area contributed by atoms with Gasteiger partial charge in [-0.1, -0.05) is 13.8 Å². The van der Waals surface area contributed by atoms with Crippen molar-refractivity contribution in [3.8, 4) is 0 Å². The van der Waals surface area contributed by atoms with Crippen molar-refractivity contribution in [3.05, 3.63) is 0 Å². The summed E-state index contributed by atoms with van der Waals surface area (Å²) in [7, 11) is 0. The zero-order valence-corrected chi connectivity index (χ0v) is 10.8. The van der Waals surface area contributed by atoms with Crippen LogP contribution in [0.1, 0.15) is 46.5 Å². The van der Waals surface area contributed by atoms with E-state index in [1.54, 1.807) is 0 Å². The molecule has 1 aliphatic rings. The molecule has 0 saturated carbocycles. The maximum Gasteiger partial charge on any atom is 0.303 e. The fraction of sp³-hybridized carbons (Fsp3) is 0.923. The minimum atomic E-state index is -0.659. The van der Waals surface area contributed by atoms with E-state index in [2.05, 4.69) is 25.7 Å². The van der Waals surface area contributed by atoms with Gasteiger partial charge in [0, 0.05) is 19.0 Å². The number of carboxylic acids is 1. The van der Waals surface area contributed by atoms with E-state index >= 15 is 0 Å². The average molecular weight is 227 g/mol. The maximum absolute atomic E-state index is 10.5. The van der Waals surface area contributed by atoms with E-state index in [1.165, 1.54) is 12.8 Å². The summed E-state index contributed by atoms with van der Waals surface area (Å²) in [6, 6.07) is 0.648. The molecule has 0 spiro atoms. The molecule has 1 fully saturated rings. The number of rotatable bonds is 6. The van der Waals surface area contributed by atoms with Crippen LogP contribution < -0.4 is 0 Å². The molecule has 0 aromatic carbocycles. The molecule has 1 heterocycles. The first-order valence-electron chi connectivity index (χ1n) is 6.45. The van der Waals surface area contributed by atoms with Crippen molar-refractivity contribution in [2.75, 3.05) is 13.1 Å². The highest BCUT2D eigenvalue weighted by Gasteiger charge is 2.26. The van der Waals surface area contributed by atoms with Crippen molar-refractivity contribution in [2.45, 2.75) is 52.5 Å². The topological polar surface area (TPSA) is 40.5 Å². The second-order valence-corrected chi connectivity index (χ2v) is 5.56. The first-order valence-corrected chi connectivity index (χ1v) is 6.45. The number of nitrogens with zero attached hydrogens (tertiary/aromatic N) is 1. The summed E-state index contributed by atoms with van der Waals surface area (Å²) < 4.78 is 0. The van der Waals surface area contributed by atoms with Gasteiger partial charge in [-0.2, -0.15) is 0 Å². The van der Waals surface area contributed by atoms with Gasteiger partial charge in [-0.25, -0.2) is 0 Å². The van der Waals surface area contributed by atoms with Gasteiger partial charge in [0.15, 0.2) is 0 Å². The van der Waals surface area contributed by atoms with Gasteiger partial charge in [-0.05, 0) is 44.6 Å². The van der Waals surface area contributed by atoms with Gasteiger partial charge >= 0.3 is 5.97 Å². The van der Waals surface area contributed by atoms with E-state index in [1.807, 2.05) is 0 Å². The number of carbonyl (C=O) groups is 1. The molecule has 2 unspecified atom stereocenters. The van der Waals surface area contributed by atoms with Crippen LogP contribution in [0.3, 0.4) is 0 Å². The molecule has 16 heavy (non-hydrogen) atoms. The summed E-state index contributed by atoms with van der Waals surface area (Å²) in [6.07, 6.45) is 3.60.